The largest absolute Gasteiger partial charge is 0.471 e. The van der Waals surface area contributed by atoms with E-state index in [1.807, 2.05) is 18.3 Å². The summed E-state index contributed by atoms with van der Waals surface area (Å²) in [5, 5.41) is 17.5. The second-order valence-electron chi connectivity index (χ2n) is 12.5. The van der Waals surface area contributed by atoms with Gasteiger partial charge >= 0.3 is 0 Å². The van der Waals surface area contributed by atoms with E-state index in [0.29, 0.717) is 23.8 Å². The number of carbonyl (C=O) groups is 1. The Hall–Kier alpha value is -2.91. The average Bonchev–Trinajstić information content (AvgIpc) is 3.32. The van der Waals surface area contributed by atoms with Crippen molar-refractivity contribution in [2.75, 3.05) is 13.3 Å². The lowest BCUT2D eigenvalue weighted by molar-refractivity contribution is -0.126. The number of pyridine rings is 1. The highest BCUT2D eigenvalue weighted by molar-refractivity contribution is 5.80. The third-order valence-corrected chi connectivity index (χ3v) is 7.82. The third-order valence-electron chi connectivity index (χ3n) is 7.82. The van der Waals surface area contributed by atoms with Crippen LogP contribution in [0.4, 0.5) is 4.39 Å². The fourth-order valence-electron chi connectivity index (χ4n) is 5.65. The first-order valence-corrected chi connectivity index (χ1v) is 13.9. The van der Waals surface area contributed by atoms with Gasteiger partial charge in [0.05, 0.1) is 12.1 Å². The molecule has 212 valence electrons. The van der Waals surface area contributed by atoms with E-state index in [-0.39, 0.29) is 30.4 Å². The highest BCUT2D eigenvalue weighted by atomic mass is 19.1. The van der Waals surface area contributed by atoms with Gasteiger partial charge in [0, 0.05) is 30.8 Å². The zero-order valence-electron chi connectivity index (χ0n) is 23.3. The number of alkyl halides is 1. The molecule has 2 aromatic rings. The lowest BCUT2D eigenvalue weighted by Crippen LogP contribution is -2.53. The summed E-state index contributed by atoms with van der Waals surface area (Å²) >= 11 is 0. The highest BCUT2D eigenvalue weighted by Crippen LogP contribution is 2.48. The number of rotatable bonds is 9. The van der Waals surface area contributed by atoms with Crippen molar-refractivity contribution in [1.29, 1.82) is 0 Å². The zero-order valence-corrected chi connectivity index (χ0v) is 23.3. The summed E-state index contributed by atoms with van der Waals surface area (Å²) in [7, 11) is 0. The predicted molar refractivity (Wildman–Crippen MR) is 145 cm³/mol. The molecule has 9 heteroatoms. The molecule has 3 aliphatic rings. The maximum Gasteiger partial charge on any atom is 0.254 e. The van der Waals surface area contributed by atoms with E-state index in [1.54, 1.807) is 6.07 Å². The highest BCUT2D eigenvalue weighted by Gasteiger charge is 2.46. The number of benzene rings is 1. The lowest BCUT2D eigenvalue weighted by Gasteiger charge is -2.47. The molecule has 8 nitrogen and oxygen atoms in total. The fourth-order valence-corrected chi connectivity index (χ4v) is 5.65. The van der Waals surface area contributed by atoms with Gasteiger partial charge in [-0.2, -0.15) is 0 Å². The van der Waals surface area contributed by atoms with Crippen molar-refractivity contribution < 1.29 is 28.5 Å². The number of nitrogens with one attached hydrogen (secondary N) is 2. The predicted octanol–water partition coefficient (Wildman–Crippen LogP) is 4.18. The van der Waals surface area contributed by atoms with Gasteiger partial charge in [-0.05, 0) is 73.8 Å². The van der Waals surface area contributed by atoms with Gasteiger partial charge in [0.15, 0.2) is 17.7 Å². The molecular formula is C30H40FN3O5. The van der Waals surface area contributed by atoms with Crippen LogP contribution in [-0.2, 0) is 17.6 Å². The third kappa shape index (κ3) is 6.47. The summed E-state index contributed by atoms with van der Waals surface area (Å²) in [5.74, 6) is 1.18. The molecule has 1 aromatic heterocycles. The topological polar surface area (TPSA) is 102 Å². The number of hydrogen-bond acceptors (Lipinski definition) is 7. The van der Waals surface area contributed by atoms with Crippen LogP contribution in [0.3, 0.4) is 0 Å². The second kappa shape index (κ2) is 10.9. The number of nitrogens with zero attached hydrogens (tertiary/aromatic N) is 1. The minimum absolute atomic E-state index is 0.0573. The Morgan fingerprint density at radius 1 is 1.21 bits per heavy atom. The molecule has 39 heavy (non-hydrogen) atoms. The Bertz CT molecular complexity index is 1190. The van der Waals surface area contributed by atoms with Gasteiger partial charge in [-0.1, -0.05) is 26.8 Å². The van der Waals surface area contributed by atoms with Gasteiger partial charge in [0.25, 0.3) is 5.91 Å². The van der Waals surface area contributed by atoms with Gasteiger partial charge < -0.3 is 30.0 Å². The van der Waals surface area contributed by atoms with Crippen LogP contribution in [0.25, 0.3) is 0 Å². The van der Waals surface area contributed by atoms with Crippen molar-refractivity contribution in [2.45, 2.75) is 96.2 Å². The molecule has 5 rings (SSSR count). The number of halogens is 1. The van der Waals surface area contributed by atoms with Crippen molar-refractivity contribution in [1.82, 2.24) is 15.6 Å². The summed E-state index contributed by atoms with van der Waals surface area (Å²) in [6.45, 7) is 8.16. The molecule has 1 unspecified atom stereocenters. The number of aliphatic hydroxyl groups excluding tert-OH is 1. The molecular weight excluding hydrogens is 501 g/mol. The van der Waals surface area contributed by atoms with Crippen molar-refractivity contribution >= 4 is 5.91 Å². The minimum Gasteiger partial charge on any atom is -0.471 e. The molecule has 3 heterocycles. The molecule has 1 saturated carbocycles. The summed E-state index contributed by atoms with van der Waals surface area (Å²) in [6.07, 6.45) is 4.33. The zero-order chi connectivity index (χ0) is 27.8. The summed E-state index contributed by atoms with van der Waals surface area (Å²) < 4.78 is 31.0. The molecule has 2 aliphatic heterocycles. The van der Waals surface area contributed by atoms with Gasteiger partial charge in [-0.3, -0.25) is 4.79 Å². The molecule has 1 aliphatic carbocycles. The molecule has 1 aromatic carbocycles. The van der Waals surface area contributed by atoms with Crippen molar-refractivity contribution in [2.24, 2.45) is 5.41 Å². The monoisotopic (exact) mass is 541 g/mol. The van der Waals surface area contributed by atoms with E-state index in [2.05, 4.69) is 37.5 Å². The van der Waals surface area contributed by atoms with Crippen LogP contribution in [0, 0.1) is 5.41 Å². The van der Waals surface area contributed by atoms with Crippen LogP contribution in [0.15, 0.2) is 30.5 Å². The Balaban J connectivity index is 1.33. The van der Waals surface area contributed by atoms with E-state index >= 15 is 0 Å². The van der Waals surface area contributed by atoms with Crippen LogP contribution in [0.2, 0.25) is 0 Å². The normalized spacial score (nSPS) is 21.3. The number of aromatic nitrogens is 1. The molecule has 0 radical (unpaired) electrons. The van der Waals surface area contributed by atoms with E-state index < -0.39 is 24.2 Å². The first-order valence-electron chi connectivity index (χ1n) is 13.9. The fraction of sp³-hybridized carbons (Fsp3) is 0.600. The summed E-state index contributed by atoms with van der Waals surface area (Å²) in [5.41, 5.74) is 2.88. The van der Waals surface area contributed by atoms with Gasteiger partial charge in [0.2, 0.25) is 12.7 Å². The van der Waals surface area contributed by atoms with Crippen LogP contribution in [0.1, 0.15) is 76.1 Å². The number of carbonyl (C=O) groups excluding carboxylic acids is 1. The van der Waals surface area contributed by atoms with Gasteiger partial charge in [0.1, 0.15) is 5.60 Å². The van der Waals surface area contributed by atoms with Crippen LogP contribution >= 0.6 is 0 Å². The quantitative estimate of drug-likeness (QED) is 0.438. The van der Waals surface area contributed by atoms with Gasteiger partial charge in [-0.15, -0.1) is 0 Å². The van der Waals surface area contributed by atoms with E-state index in [4.69, 9.17) is 19.2 Å². The van der Waals surface area contributed by atoms with E-state index in [9.17, 15) is 14.3 Å². The first-order chi connectivity index (χ1) is 18.5. The van der Waals surface area contributed by atoms with Crippen molar-refractivity contribution in [3.63, 3.8) is 0 Å². The first kappa shape index (κ1) is 27.6. The molecule has 0 saturated heterocycles. The molecule has 1 amide bonds. The van der Waals surface area contributed by atoms with Crippen LogP contribution in [-0.4, -0.2) is 53.3 Å². The maximum absolute atomic E-state index is 13.8. The van der Waals surface area contributed by atoms with E-state index in [0.717, 1.165) is 48.8 Å². The number of fused-ring (bicyclic) bond motifs is 2. The van der Waals surface area contributed by atoms with Crippen LogP contribution < -0.4 is 24.8 Å². The number of aliphatic hydroxyl groups is 1. The Labute approximate surface area is 229 Å². The average molecular weight is 542 g/mol. The Kier molecular flexibility index (Phi) is 7.75. The lowest BCUT2D eigenvalue weighted by atomic mass is 9.73. The van der Waals surface area contributed by atoms with Crippen LogP contribution in [0.5, 0.6) is 17.4 Å². The minimum atomic E-state index is -1.68. The molecule has 4 atom stereocenters. The summed E-state index contributed by atoms with van der Waals surface area (Å²) in [6, 6.07) is 6.91. The van der Waals surface area contributed by atoms with Crippen molar-refractivity contribution in [3.05, 3.63) is 47.2 Å². The second-order valence-corrected chi connectivity index (χ2v) is 12.5. The van der Waals surface area contributed by atoms with E-state index in [1.165, 1.54) is 6.92 Å². The summed E-state index contributed by atoms with van der Waals surface area (Å²) in [4.78, 5) is 17.0. The Morgan fingerprint density at radius 3 is 2.67 bits per heavy atom. The molecule has 0 bridgehead atoms. The Morgan fingerprint density at radius 2 is 1.97 bits per heavy atom. The number of amides is 1. The van der Waals surface area contributed by atoms with Crippen molar-refractivity contribution in [3.8, 4) is 17.4 Å². The standard InChI is InChI=1S/C30H40FN3O5/c1-18(31)27(36)34-22(11-19-6-7-25-26(12-19)38-17-37-25)24(35)16-32-23-14-30(8-5-9-30)39-28-21(23)10-20(15-33-28)13-29(2,3)4/h6-7,10,12,15,18,22-24,32,35H,5,8-9,11,13-14,16-17H2,1-4H3,(H,34,36)/t18?,22-,23-,24+/m0/s1. The molecule has 1 fully saturated rings. The molecule has 1 spiro atoms. The smallest absolute Gasteiger partial charge is 0.254 e. The number of hydrogen-bond donors (Lipinski definition) is 3. The maximum atomic E-state index is 13.8. The van der Waals surface area contributed by atoms with Gasteiger partial charge in [-0.25, -0.2) is 9.37 Å². The molecule has 3 N–H and O–H groups in total. The number of ether oxygens (including phenoxy) is 3. The SMILES string of the molecule is CC(F)C(=O)N[C@@H](Cc1ccc2c(c1)OCO2)[C@H](O)CN[C@H]1CC2(CCC2)Oc2ncc(CC(C)(C)C)cc21.